The van der Waals surface area contributed by atoms with Gasteiger partial charge in [-0.1, -0.05) is 58.0 Å². The maximum absolute atomic E-state index is 13.2. The fourth-order valence-corrected chi connectivity index (χ4v) is 3.89. The normalized spacial score (nSPS) is 14.6. The lowest BCUT2D eigenvalue weighted by Crippen LogP contribution is -2.31. The standard InChI is InChI=1S/C23H25NO3S/c1-15(2)14-27-19-12-10-17(11-13-19)20-21(28-16(3)4)23(26)24(22(20)25)18-8-6-5-7-9-18/h5-13,15-16H,14H2,1-4H3. The van der Waals surface area contributed by atoms with Crippen molar-refractivity contribution in [1.29, 1.82) is 0 Å². The summed E-state index contributed by atoms with van der Waals surface area (Å²) >= 11 is 1.43. The molecule has 0 radical (unpaired) electrons. The molecule has 0 atom stereocenters. The number of benzene rings is 2. The predicted molar refractivity (Wildman–Crippen MR) is 115 cm³/mol. The van der Waals surface area contributed by atoms with E-state index in [9.17, 15) is 9.59 Å². The first-order chi connectivity index (χ1) is 13.4. The Morgan fingerprint density at radius 1 is 0.893 bits per heavy atom. The number of amides is 2. The molecule has 2 aromatic rings. The molecule has 0 aromatic heterocycles. The number of nitrogens with zero attached hydrogens (tertiary/aromatic N) is 1. The van der Waals surface area contributed by atoms with Crippen LogP contribution in [-0.4, -0.2) is 23.7 Å². The maximum atomic E-state index is 13.2. The summed E-state index contributed by atoms with van der Waals surface area (Å²) in [4.78, 5) is 28.1. The molecule has 146 valence electrons. The van der Waals surface area contributed by atoms with Crippen molar-refractivity contribution in [2.24, 2.45) is 5.92 Å². The fourth-order valence-electron chi connectivity index (χ4n) is 2.90. The molecule has 0 N–H and O–H groups in total. The third-order valence-corrected chi connectivity index (χ3v) is 5.22. The second-order valence-electron chi connectivity index (χ2n) is 7.38. The van der Waals surface area contributed by atoms with Crippen LogP contribution in [0.3, 0.4) is 0 Å². The monoisotopic (exact) mass is 395 g/mol. The fraction of sp³-hybridized carbons (Fsp3) is 0.304. The highest BCUT2D eigenvalue weighted by atomic mass is 32.2. The predicted octanol–water partition coefficient (Wildman–Crippen LogP) is 5.15. The van der Waals surface area contributed by atoms with Gasteiger partial charge >= 0.3 is 0 Å². The molecular formula is C23H25NO3S. The van der Waals surface area contributed by atoms with Crippen molar-refractivity contribution in [3.8, 4) is 5.75 Å². The van der Waals surface area contributed by atoms with E-state index >= 15 is 0 Å². The molecule has 0 saturated heterocycles. The zero-order valence-electron chi connectivity index (χ0n) is 16.6. The first-order valence-corrected chi connectivity index (χ1v) is 10.3. The summed E-state index contributed by atoms with van der Waals surface area (Å²) in [6, 6.07) is 16.5. The molecule has 1 aliphatic heterocycles. The molecule has 0 bridgehead atoms. The molecule has 1 aliphatic rings. The first-order valence-electron chi connectivity index (χ1n) is 9.46. The minimum atomic E-state index is -0.282. The number of carbonyl (C=O) groups is 2. The lowest BCUT2D eigenvalue weighted by molar-refractivity contribution is -0.119. The Labute approximate surface area is 170 Å². The molecule has 4 nitrogen and oxygen atoms in total. The molecule has 1 heterocycles. The second kappa shape index (κ2) is 8.65. The number of carbonyl (C=O) groups excluding carboxylic acids is 2. The maximum Gasteiger partial charge on any atom is 0.272 e. The number of imide groups is 1. The highest BCUT2D eigenvalue weighted by Crippen LogP contribution is 2.40. The molecule has 5 heteroatoms. The van der Waals surface area contributed by atoms with E-state index in [1.807, 2.05) is 56.3 Å². The smallest absolute Gasteiger partial charge is 0.272 e. The van der Waals surface area contributed by atoms with Crippen molar-refractivity contribution in [3.05, 3.63) is 65.1 Å². The van der Waals surface area contributed by atoms with Gasteiger partial charge in [0.1, 0.15) is 5.75 Å². The van der Waals surface area contributed by atoms with Crippen LogP contribution in [0.4, 0.5) is 5.69 Å². The van der Waals surface area contributed by atoms with E-state index in [1.165, 1.54) is 16.7 Å². The Bertz CT molecular complexity index is 886. The number of rotatable bonds is 7. The van der Waals surface area contributed by atoms with Gasteiger partial charge in [0.25, 0.3) is 11.8 Å². The zero-order valence-corrected chi connectivity index (χ0v) is 17.5. The number of anilines is 1. The third kappa shape index (κ3) is 4.30. The summed E-state index contributed by atoms with van der Waals surface area (Å²) in [6.45, 7) is 8.85. The van der Waals surface area contributed by atoms with Crippen molar-refractivity contribution in [3.63, 3.8) is 0 Å². The summed E-state index contributed by atoms with van der Waals surface area (Å²) in [5.74, 6) is 0.651. The molecule has 0 unspecified atom stereocenters. The van der Waals surface area contributed by atoms with Crippen LogP contribution in [0.25, 0.3) is 5.57 Å². The molecular weight excluding hydrogens is 370 g/mol. The van der Waals surface area contributed by atoms with Crippen molar-refractivity contribution in [1.82, 2.24) is 0 Å². The largest absolute Gasteiger partial charge is 0.493 e. The Morgan fingerprint density at radius 3 is 2.11 bits per heavy atom. The minimum absolute atomic E-state index is 0.186. The summed E-state index contributed by atoms with van der Waals surface area (Å²) in [6.07, 6.45) is 0. The van der Waals surface area contributed by atoms with Crippen LogP contribution in [-0.2, 0) is 9.59 Å². The average molecular weight is 396 g/mol. The Hall–Kier alpha value is -2.53. The molecule has 0 spiro atoms. The third-order valence-electron chi connectivity index (χ3n) is 4.14. The van der Waals surface area contributed by atoms with Crippen molar-refractivity contribution < 1.29 is 14.3 Å². The van der Waals surface area contributed by atoms with Crippen LogP contribution in [0.2, 0.25) is 0 Å². The number of ether oxygens (including phenoxy) is 1. The van der Waals surface area contributed by atoms with Gasteiger partial charge in [-0.2, -0.15) is 0 Å². The summed E-state index contributed by atoms with van der Waals surface area (Å²) in [7, 11) is 0. The highest BCUT2D eigenvalue weighted by Gasteiger charge is 2.40. The average Bonchev–Trinajstić information content (AvgIpc) is 2.90. The van der Waals surface area contributed by atoms with Gasteiger partial charge in [-0.3, -0.25) is 9.59 Å². The zero-order chi connectivity index (χ0) is 20.3. The molecule has 0 saturated carbocycles. The Balaban J connectivity index is 1.96. The number of hydrogen-bond acceptors (Lipinski definition) is 4. The molecule has 2 aromatic carbocycles. The topological polar surface area (TPSA) is 46.6 Å². The van der Waals surface area contributed by atoms with Crippen LogP contribution < -0.4 is 9.64 Å². The molecule has 3 rings (SSSR count). The quantitative estimate of drug-likeness (QED) is 0.609. The van der Waals surface area contributed by atoms with Gasteiger partial charge < -0.3 is 4.74 Å². The van der Waals surface area contributed by atoms with E-state index in [1.54, 1.807) is 12.1 Å². The van der Waals surface area contributed by atoms with Crippen LogP contribution >= 0.6 is 11.8 Å². The van der Waals surface area contributed by atoms with Crippen molar-refractivity contribution in [2.45, 2.75) is 32.9 Å². The number of hydrogen-bond donors (Lipinski definition) is 0. The van der Waals surface area contributed by atoms with Gasteiger partial charge in [-0.05, 0) is 35.7 Å². The summed E-state index contributed by atoms with van der Waals surface area (Å²) in [5, 5.41) is 0.186. The highest BCUT2D eigenvalue weighted by molar-refractivity contribution is 8.04. The van der Waals surface area contributed by atoms with Crippen molar-refractivity contribution in [2.75, 3.05) is 11.5 Å². The van der Waals surface area contributed by atoms with Gasteiger partial charge in [-0.25, -0.2) is 4.90 Å². The molecule has 0 fully saturated rings. The van der Waals surface area contributed by atoms with E-state index in [4.69, 9.17) is 4.74 Å². The lowest BCUT2D eigenvalue weighted by atomic mass is 10.1. The second-order valence-corrected chi connectivity index (χ2v) is 8.97. The summed E-state index contributed by atoms with van der Waals surface area (Å²) < 4.78 is 5.73. The molecule has 28 heavy (non-hydrogen) atoms. The van der Waals surface area contributed by atoms with Crippen molar-refractivity contribution >= 4 is 34.8 Å². The lowest BCUT2D eigenvalue weighted by Gasteiger charge is -2.15. The number of thioether (sulfide) groups is 1. The van der Waals surface area contributed by atoms with Crippen LogP contribution in [0, 0.1) is 5.92 Å². The van der Waals surface area contributed by atoms with Crippen LogP contribution in [0.1, 0.15) is 33.3 Å². The number of para-hydroxylation sites is 1. The minimum Gasteiger partial charge on any atom is -0.493 e. The van der Waals surface area contributed by atoms with E-state index in [0.29, 0.717) is 28.7 Å². The van der Waals surface area contributed by atoms with Gasteiger partial charge in [-0.15, -0.1) is 11.8 Å². The van der Waals surface area contributed by atoms with Gasteiger partial charge in [0.05, 0.1) is 22.8 Å². The Kier molecular flexibility index (Phi) is 6.25. The molecule has 2 amide bonds. The van der Waals surface area contributed by atoms with E-state index in [0.717, 1.165) is 11.3 Å². The van der Waals surface area contributed by atoms with Gasteiger partial charge in [0.15, 0.2) is 0 Å². The SMILES string of the molecule is CC(C)COc1ccc(C2=C(SC(C)C)C(=O)N(c3ccccc3)C2=O)cc1. The molecule has 0 aliphatic carbocycles. The van der Waals surface area contributed by atoms with Crippen LogP contribution in [0.15, 0.2) is 59.5 Å². The van der Waals surface area contributed by atoms with E-state index in [-0.39, 0.29) is 17.1 Å². The van der Waals surface area contributed by atoms with E-state index in [2.05, 4.69) is 13.8 Å². The van der Waals surface area contributed by atoms with Gasteiger partial charge in [0.2, 0.25) is 0 Å². The van der Waals surface area contributed by atoms with Crippen LogP contribution in [0.5, 0.6) is 5.75 Å². The van der Waals surface area contributed by atoms with E-state index < -0.39 is 0 Å². The Morgan fingerprint density at radius 2 is 1.54 bits per heavy atom. The first kappa shape index (κ1) is 20.2. The summed E-state index contributed by atoms with van der Waals surface area (Å²) in [5.41, 5.74) is 1.78. The van der Waals surface area contributed by atoms with Gasteiger partial charge in [0, 0.05) is 5.25 Å².